The Bertz CT molecular complexity index is 2440. The van der Waals surface area contributed by atoms with Crippen LogP contribution in [0.4, 0.5) is 11.4 Å². The van der Waals surface area contributed by atoms with E-state index < -0.39 is 0 Å². The van der Waals surface area contributed by atoms with Crippen molar-refractivity contribution in [3.05, 3.63) is 204 Å². The van der Waals surface area contributed by atoms with Crippen molar-refractivity contribution in [3.8, 4) is 27.9 Å². The molecule has 0 saturated carbocycles. The third-order valence-corrected chi connectivity index (χ3v) is 10.8. The van der Waals surface area contributed by atoms with Crippen LogP contribution in [0.15, 0.2) is 187 Å². The minimum Gasteiger partial charge on any atom is -0.313 e. The van der Waals surface area contributed by atoms with Gasteiger partial charge in [-0.2, -0.15) is 0 Å². The summed E-state index contributed by atoms with van der Waals surface area (Å²) < 4.78 is 2.48. The van der Waals surface area contributed by atoms with Gasteiger partial charge in [0.05, 0.1) is 5.52 Å². The van der Waals surface area contributed by atoms with Gasteiger partial charge in [-0.3, -0.25) is 0 Å². The number of benzene rings is 6. The Hall–Kier alpha value is -6.12. The summed E-state index contributed by atoms with van der Waals surface area (Å²) in [6.07, 6.45) is 10.4. The van der Waals surface area contributed by atoms with Crippen molar-refractivity contribution in [1.29, 1.82) is 0 Å². The summed E-state index contributed by atoms with van der Waals surface area (Å²) in [5.74, 6) is 0.305. The highest BCUT2D eigenvalue weighted by atomic mass is 15.2. The molecule has 238 valence electrons. The first kappa shape index (κ1) is 28.9. The molecule has 2 nitrogen and oxygen atoms in total. The molecule has 1 atom stereocenters. The number of para-hydroxylation sites is 3. The summed E-state index contributed by atoms with van der Waals surface area (Å²) in [5.41, 5.74) is 18.4. The van der Waals surface area contributed by atoms with Crippen molar-refractivity contribution in [2.75, 3.05) is 4.90 Å². The zero-order valence-corrected chi connectivity index (χ0v) is 27.8. The van der Waals surface area contributed by atoms with E-state index >= 15 is 0 Å². The van der Waals surface area contributed by atoms with E-state index in [1.54, 1.807) is 0 Å². The van der Waals surface area contributed by atoms with Gasteiger partial charge >= 0.3 is 0 Å². The van der Waals surface area contributed by atoms with E-state index in [1.165, 1.54) is 83.9 Å². The number of hydrogen-bond acceptors (Lipinski definition) is 1. The lowest BCUT2D eigenvalue weighted by Gasteiger charge is -2.28. The molecule has 1 unspecified atom stereocenters. The lowest BCUT2D eigenvalue weighted by molar-refractivity contribution is 0.768. The topological polar surface area (TPSA) is 8.17 Å². The van der Waals surface area contributed by atoms with E-state index in [0.717, 1.165) is 19.3 Å². The van der Waals surface area contributed by atoms with Crippen molar-refractivity contribution >= 4 is 28.4 Å². The normalized spacial score (nSPS) is 16.3. The van der Waals surface area contributed by atoms with E-state index in [0.29, 0.717) is 5.92 Å². The molecule has 0 bridgehead atoms. The maximum Gasteiger partial charge on any atom is 0.0537 e. The van der Waals surface area contributed by atoms with Crippen LogP contribution in [0, 0.1) is 0 Å². The average molecular weight is 641 g/mol. The molecule has 0 saturated heterocycles. The van der Waals surface area contributed by atoms with Crippen LogP contribution < -0.4 is 4.90 Å². The molecular weight excluding hydrogens is 605 g/mol. The summed E-state index contributed by atoms with van der Waals surface area (Å²) in [4.78, 5) is 2.52. The smallest absolute Gasteiger partial charge is 0.0537 e. The minimum absolute atomic E-state index is 0.305. The number of rotatable bonds is 5. The Balaban J connectivity index is 1.09. The molecular formula is C48H36N2. The maximum absolute atomic E-state index is 2.52. The molecule has 2 aliphatic carbocycles. The highest BCUT2D eigenvalue weighted by Gasteiger charge is 2.37. The summed E-state index contributed by atoms with van der Waals surface area (Å²) in [6, 6.07) is 57.4. The van der Waals surface area contributed by atoms with Gasteiger partial charge in [0.25, 0.3) is 0 Å². The SMILES string of the molecule is C1=C(C2=CC=C3C(C2)c2ccccc2N3c2cc(-c3ccccc3)cc(-c3ccccc3)c2)CCc2c1c1ccccc1n2-c1ccccc1. The third-order valence-electron chi connectivity index (χ3n) is 10.8. The standard InChI is InChI=1S/C48H36N2/c1-4-14-33(15-5-1)37-28-38(34-16-6-2-7-17-34)30-40(29-37)50-46-23-13-11-21-42(46)44-32-36(25-27-48(44)50)35-24-26-47-43(31-35)41-20-10-12-22-45(41)49(47)39-18-8-3-9-19-39/h1-23,25,27-31,44H,24,26,32H2. The largest absolute Gasteiger partial charge is 0.313 e. The fourth-order valence-corrected chi connectivity index (χ4v) is 8.53. The van der Waals surface area contributed by atoms with Gasteiger partial charge in [-0.25, -0.2) is 0 Å². The van der Waals surface area contributed by atoms with Gasteiger partial charge in [0.1, 0.15) is 0 Å². The molecule has 7 aromatic rings. The van der Waals surface area contributed by atoms with E-state index in [4.69, 9.17) is 0 Å². The maximum atomic E-state index is 2.52. The molecule has 0 fully saturated rings. The molecule has 2 heteroatoms. The zero-order chi connectivity index (χ0) is 33.0. The van der Waals surface area contributed by atoms with Crippen molar-refractivity contribution in [1.82, 2.24) is 4.57 Å². The van der Waals surface area contributed by atoms with E-state index in [2.05, 4.69) is 185 Å². The summed E-state index contributed by atoms with van der Waals surface area (Å²) in [7, 11) is 0. The molecule has 3 aliphatic rings. The number of anilines is 2. The van der Waals surface area contributed by atoms with Crippen LogP contribution in [0.5, 0.6) is 0 Å². The third kappa shape index (κ3) is 4.71. The van der Waals surface area contributed by atoms with Crippen LogP contribution in [0.3, 0.4) is 0 Å². The molecule has 1 aliphatic heterocycles. The monoisotopic (exact) mass is 640 g/mol. The Morgan fingerprint density at radius 2 is 1.14 bits per heavy atom. The molecule has 50 heavy (non-hydrogen) atoms. The van der Waals surface area contributed by atoms with Crippen molar-refractivity contribution in [2.24, 2.45) is 0 Å². The van der Waals surface area contributed by atoms with Gasteiger partial charge in [0.2, 0.25) is 0 Å². The first-order valence-corrected chi connectivity index (χ1v) is 17.7. The highest BCUT2D eigenvalue weighted by molar-refractivity contribution is 5.94. The van der Waals surface area contributed by atoms with E-state index in [9.17, 15) is 0 Å². The molecule has 0 amide bonds. The lowest BCUT2D eigenvalue weighted by atomic mass is 9.81. The second kappa shape index (κ2) is 11.8. The predicted octanol–water partition coefficient (Wildman–Crippen LogP) is 12.4. The first-order chi connectivity index (χ1) is 24.8. The second-order valence-electron chi connectivity index (χ2n) is 13.7. The second-order valence-corrected chi connectivity index (χ2v) is 13.7. The Morgan fingerprint density at radius 1 is 0.500 bits per heavy atom. The van der Waals surface area contributed by atoms with Crippen molar-refractivity contribution in [2.45, 2.75) is 25.2 Å². The minimum atomic E-state index is 0.305. The Kier molecular flexibility index (Phi) is 6.80. The number of allylic oxidation sites excluding steroid dienone is 5. The van der Waals surface area contributed by atoms with Gasteiger partial charge in [-0.05, 0) is 113 Å². The van der Waals surface area contributed by atoms with E-state index in [-0.39, 0.29) is 0 Å². The van der Waals surface area contributed by atoms with Crippen LogP contribution in [0.25, 0.3) is 44.9 Å². The summed E-state index contributed by atoms with van der Waals surface area (Å²) >= 11 is 0. The molecule has 2 heterocycles. The quantitative estimate of drug-likeness (QED) is 0.182. The Morgan fingerprint density at radius 3 is 1.88 bits per heavy atom. The highest BCUT2D eigenvalue weighted by Crippen LogP contribution is 2.53. The summed E-state index contributed by atoms with van der Waals surface area (Å²) in [5, 5.41) is 1.33. The van der Waals surface area contributed by atoms with Crippen molar-refractivity contribution < 1.29 is 0 Å². The number of hydrogen-bond donors (Lipinski definition) is 0. The van der Waals surface area contributed by atoms with Gasteiger partial charge in [-0.1, -0.05) is 121 Å². The lowest BCUT2D eigenvalue weighted by Crippen LogP contribution is -2.17. The number of fused-ring (bicyclic) bond motifs is 6. The Labute approximate surface area is 293 Å². The molecule has 10 rings (SSSR count). The van der Waals surface area contributed by atoms with Gasteiger partial charge < -0.3 is 9.47 Å². The molecule has 0 spiro atoms. The summed E-state index contributed by atoms with van der Waals surface area (Å²) in [6.45, 7) is 0. The van der Waals surface area contributed by atoms with Gasteiger partial charge in [0, 0.05) is 45.3 Å². The van der Waals surface area contributed by atoms with Gasteiger partial charge in [-0.15, -0.1) is 0 Å². The zero-order valence-electron chi connectivity index (χ0n) is 27.8. The van der Waals surface area contributed by atoms with Crippen LogP contribution in [-0.2, 0) is 6.42 Å². The molecule has 0 radical (unpaired) electrons. The first-order valence-electron chi connectivity index (χ1n) is 17.7. The number of nitrogens with zero attached hydrogens (tertiary/aromatic N) is 2. The van der Waals surface area contributed by atoms with E-state index in [1.807, 2.05) is 0 Å². The predicted molar refractivity (Wildman–Crippen MR) is 209 cm³/mol. The fraction of sp³-hybridized carbons (Fsp3) is 0.0833. The molecule has 6 aromatic carbocycles. The van der Waals surface area contributed by atoms with Crippen molar-refractivity contribution in [3.63, 3.8) is 0 Å². The average Bonchev–Trinajstić information content (AvgIpc) is 3.71. The van der Waals surface area contributed by atoms with Crippen LogP contribution in [0.2, 0.25) is 0 Å². The van der Waals surface area contributed by atoms with Crippen LogP contribution >= 0.6 is 0 Å². The fourth-order valence-electron chi connectivity index (χ4n) is 8.53. The molecule has 1 aromatic heterocycles. The van der Waals surface area contributed by atoms with Crippen LogP contribution in [-0.4, -0.2) is 4.57 Å². The number of aromatic nitrogens is 1. The van der Waals surface area contributed by atoms with Crippen LogP contribution in [0.1, 0.15) is 35.6 Å². The molecule has 0 N–H and O–H groups in total. The van der Waals surface area contributed by atoms with Gasteiger partial charge in [0.15, 0.2) is 0 Å².